The number of nitrogens with zero attached hydrogens (tertiary/aromatic N) is 2. The van der Waals surface area contributed by atoms with Crippen molar-refractivity contribution in [1.29, 1.82) is 0 Å². The van der Waals surface area contributed by atoms with Crippen molar-refractivity contribution in [2.45, 2.75) is 24.1 Å². The second-order valence-electron chi connectivity index (χ2n) is 5.38. The van der Waals surface area contributed by atoms with Crippen LogP contribution in [0.25, 0.3) is 0 Å². The molecule has 2 aliphatic rings. The Kier molecular flexibility index (Phi) is 3.00. The van der Waals surface area contributed by atoms with Crippen LogP contribution in [0.15, 0.2) is 53.5 Å². The largest absolute Gasteiger partial charge is 0.338 e. The van der Waals surface area contributed by atoms with Gasteiger partial charge in [0.05, 0.1) is 10.9 Å². The molecule has 0 spiro atoms. The van der Waals surface area contributed by atoms with E-state index in [1.807, 2.05) is 30.3 Å². The standard InChI is InChI=1S/C17H15FN2S/c1-11-16-19-15-9-5-2-6-12(15)10-20(16)17(21-11)13-7-3-4-8-14(13)18/h2-9,11,17H,10H2,1H3/t11-,17+/m0/s1. The minimum Gasteiger partial charge on any atom is -0.338 e. The predicted molar refractivity (Wildman–Crippen MR) is 85.3 cm³/mol. The molecule has 0 amide bonds. The van der Waals surface area contributed by atoms with Crippen LogP contribution in [0.3, 0.4) is 0 Å². The van der Waals surface area contributed by atoms with Gasteiger partial charge in [-0.25, -0.2) is 9.38 Å². The molecule has 2 atom stereocenters. The molecule has 2 aliphatic heterocycles. The number of fused-ring (bicyclic) bond motifs is 2. The van der Waals surface area contributed by atoms with Gasteiger partial charge in [0.25, 0.3) is 0 Å². The van der Waals surface area contributed by atoms with E-state index in [1.54, 1.807) is 17.8 Å². The molecule has 21 heavy (non-hydrogen) atoms. The molecule has 4 rings (SSSR count). The molecule has 2 aromatic rings. The van der Waals surface area contributed by atoms with E-state index in [0.717, 1.165) is 23.6 Å². The van der Waals surface area contributed by atoms with Gasteiger partial charge in [-0.1, -0.05) is 36.4 Å². The number of amidine groups is 1. The van der Waals surface area contributed by atoms with Gasteiger partial charge in [0, 0.05) is 12.1 Å². The van der Waals surface area contributed by atoms with Crippen molar-refractivity contribution in [1.82, 2.24) is 4.90 Å². The molecule has 106 valence electrons. The first-order chi connectivity index (χ1) is 10.2. The zero-order valence-corrected chi connectivity index (χ0v) is 12.5. The van der Waals surface area contributed by atoms with E-state index >= 15 is 0 Å². The van der Waals surface area contributed by atoms with E-state index < -0.39 is 0 Å². The van der Waals surface area contributed by atoms with Crippen molar-refractivity contribution in [3.05, 3.63) is 65.5 Å². The van der Waals surface area contributed by atoms with Crippen molar-refractivity contribution in [3.63, 3.8) is 0 Å². The Morgan fingerprint density at radius 2 is 1.90 bits per heavy atom. The van der Waals surface area contributed by atoms with E-state index in [4.69, 9.17) is 4.99 Å². The Bertz CT molecular complexity index is 728. The Morgan fingerprint density at radius 3 is 2.76 bits per heavy atom. The number of rotatable bonds is 1. The molecule has 0 aliphatic carbocycles. The first-order valence-electron chi connectivity index (χ1n) is 7.07. The maximum atomic E-state index is 14.1. The van der Waals surface area contributed by atoms with Gasteiger partial charge >= 0.3 is 0 Å². The summed E-state index contributed by atoms with van der Waals surface area (Å²) in [6.45, 7) is 2.94. The molecule has 0 bridgehead atoms. The van der Waals surface area contributed by atoms with Crippen LogP contribution in [-0.2, 0) is 6.54 Å². The summed E-state index contributed by atoms with van der Waals surface area (Å²) < 4.78 is 14.1. The summed E-state index contributed by atoms with van der Waals surface area (Å²) >= 11 is 1.76. The topological polar surface area (TPSA) is 15.6 Å². The van der Waals surface area contributed by atoms with Gasteiger partial charge < -0.3 is 4.90 Å². The van der Waals surface area contributed by atoms with Gasteiger partial charge in [0.2, 0.25) is 0 Å². The molecule has 2 heterocycles. The second kappa shape index (κ2) is 4.88. The summed E-state index contributed by atoms with van der Waals surface area (Å²) in [6.07, 6.45) is 0. The smallest absolute Gasteiger partial charge is 0.129 e. The summed E-state index contributed by atoms with van der Waals surface area (Å²) in [6, 6.07) is 15.2. The molecular weight excluding hydrogens is 283 g/mol. The van der Waals surface area contributed by atoms with Crippen molar-refractivity contribution in [2.75, 3.05) is 0 Å². The molecule has 0 saturated carbocycles. The number of hydrogen-bond acceptors (Lipinski definition) is 3. The summed E-state index contributed by atoms with van der Waals surface area (Å²) in [5.41, 5.74) is 3.00. The lowest BCUT2D eigenvalue weighted by atomic mass is 10.1. The number of halogens is 1. The highest BCUT2D eigenvalue weighted by molar-refractivity contribution is 8.01. The molecule has 2 aromatic carbocycles. The Morgan fingerprint density at radius 1 is 1.14 bits per heavy atom. The number of thioether (sulfide) groups is 1. The molecular formula is C17H15FN2S. The molecule has 0 unspecified atom stereocenters. The maximum absolute atomic E-state index is 14.1. The zero-order chi connectivity index (χ0) is 14.4. The molecule has 1 fully saturated rings. The van der Waals surface area contributed by atoms with E-state index in [0.29, 0.717) is 0 Å². The van der Waals surface area contributed by atoms with Gasteiger partial charge in [-0.05, 0) is 24.6 Å². The van der Waals surface area contributed by atoms with Crippen molar-refractivity contribution >= 4 is 23.3 Å². The highest BCUT2D eigenvalue weighted by Gasteiger charge is 2.39. The molecule has 0 N–H and O–H groups in total. The lowest BCUT2D eigenvalue weighted by molar-refractivity contribution is 0.388. The van der Waals surface area contributed by atoms with E-state index in [1.165, 1.54) is 11.6 Å². The number of aliphatic imine (C=N–C) groups is 1. The van der Waals surface area contributed by atoms with Crippen LogP contribution in [0, 0.1) is 5.82 Å². The van der Waals surface area contributed by atoms with Crippen molar-refractivity contribution < 1.29 is 4.39 Å². The average Bonchev–Trinajstić information content (AvgIpc) is 2.82. The van der Waals surface area contributed by atoms with Crippen LogP contribution < -0.4 is 0 Å². The molecule has 1 saturated heterocycles. The highest BCUT2D eigenvalue weighted by atomic mass is 32.2. The fourth-order valence-corrected chi connectivity index (χ4v) is 4.34. The van der Waals surface area contributed by atoms with Crippen LogP contribution >= 0.6 is 11.8 Å². The van der Waals surface area contributed by atoms with E-state index in [2.05, 4.69) is 17.9 Å². The maximum Gasteiger partial charge on any atom is 0.129 e. The third kappa shape index (κ3) is 2.05. The number of para-hydroxylation sites is 1. The van der Waals surface area contributed by atoms with Crippen LogP contribution in [-0.4, -0.2) is 16.0 Å². The first-order valence-corrected chi connectivity index (χ1v) is 8.01. The normalized spacial score (nSPS) is 23.5. The first kappa shape index (κ1) is 12.9. The SMILES string of the molecule is C[C@@H]1S[C@H](c2ccccc2F)N2Cc3ccccc3N=C12. The fourth-order valence-electron chi connectivity index (χ4n) is 2.98. The van der Waals surface area contributed by atoms with Crippen LogP contribution in [0.2, 0.25) is 0 Å². The van der Waals surface area contributed by atoms with Crippen molar-refractivity contribution in [3.8, 4) is 0 Å². The molecule has 4 heteroatoms. The van der Waals surface area contributed by atoms with Gasteiger partial charge in [0.1, 0.15) is 17.0 Å². The summed E-state index contributed by atoms with van der Waals surface area (Å²) in [5.74, 6) is 0.925. The average molecular weight is 298 g/mol. The summed E-state index contributed by atoms with van der Waals surface area (Å²) in [4.78, 5) is 7.03. The molecule has 0 radical (unpaired) electrons. The zero-order valence-electron chi connectivity index (χ0n) is 11.7. The molecule has 2 nitrogen and oxygen atoms in total. The van der Waals surface area contributed by atoms with Gasteiger partial charge in [-0.15, -0.1) is 11.8 Å². The quantitative estimate of drug-likeness (QED) is 0.770. The van der Waals surface area contributed by atoms with E-state index in [9.17, 15) is 4.39 Å². The monoisotopic (exact) mass is 298 g/mol. The Hall–Kier alpha value is -1.81. The fraction of sp³-hybridized carbons (Fsp3) is 0.235. The van der Waals surface area contributed by atoms with Crippen molar-refractivity contribution in [2.24, 2.45) is 4.99 Å². The number of benzene rings is 2. The number of hydrogen-bond donors (Lipinski definition) is 0. The lowest BCUT2D eigenvalue weighted by Gasteiger charge is -2.30. The summed E-state index contributed by atoms with van der Waals surface area (Å²) in [7, 11) is 0. The van der Waals surface area contributed by atoms with E-state index in [-0.39, 0.29) is 16.4 Å². The van der Waals surface area contributed by atoms with Gasteiger partial charge in [-0.2, -0.15) is 0 Å². The van der Waals surface area contributed by atoms with Crippen LogP contribution in [0.1, 0.15) is 23.4 Å². The third-order valence-corrected chi connectivity index (χ3v) is 5.40. The second-order valence-corrected chi connectivity index (χ2v) is 6.80. The van der Waals surface area contributed by atoms with Gasteiger partial charge in [-0.3, -0.25) is 0 Å². The van der Waals surface area contributed by atoms with Gasteiger partial charge in [0.15, 0.2) is 0 Å². The van der Waals surface area contributed by atoms with Crippen LogP contribution in [0.5, 0.6) is 0 Å². The third-order valence-electron chi connectivity index (χ3n) is 4.01. The minimum absolute atomic E-state index is 0.00769. The van der Waals surface area contributed by atoms with Crippen LogP contribution in [0.4, 0.5) is 10.1 Å². The molecule has 0 aromatic heterocycles. The Balaban J connectivity index is 1.78. The Labute approximate surface area is 127 Å². The minimum atomic E-state index is -0.137. The predicted octanol–water partition coefficient (Wildman–Crippen LogP) is 4.51. The summed E-state index contributed by atoms with van der Waals surface area (Å²) in [5, 5.41) is 0.288. The highest BCUT2D eigenvalue weighted by Crippen LogP contribution is 2.47. The lowest BCUT2D eigenvalue weighted by Crippen LogP contribution is -2.32.